The van der Waals surface area contributed by atoms with E-state index in [-0.39, 0.29) is 28.4 Å². The van der Waals surface area contributed by atoms with Gasteiger partial charge in [0.2, 0.25) is 0 Å². The van der Waals surface area contributed by atoms with E-state index in [1.54, 1.807) is 48.5 Å². The molecule has 0 radical (unpaired) electrons. The van der Waals surface area contributed by atoms with Gasteiger partial charge in [0.05, 0.1) is 0 Å². The van der Waals surface area contributed by atoms with Gasteiger partial charge in [-0.2, -0.15) is 0 Å². The largest absolute Gasteiger partial charge is 0.508 e. The van der Waals surface area contributed by atoms with Crippen LogP contribution >= 0.6 is 0 Å². The van der Waals surface area contributed by atoms with Crippen molar-refractivity contribution in [3.05, 3.63) is 119 Å². The fourth-order valence-electron chi connectivity index (χ4n) is 4.30. The van der Waals surface area contributed by atoms with E-state index in [0.29, 0.717) is 12.8 Å². The standard InChI is InChI=1S/C30H28O4/c1-30(25-8-16-29(34)17-9-25,19-22-4-12-27(32)13-5-22)20-24(23-6-14-28(33)15-7-23)18-21-2-10-26(31)11-3-21/h2-18,31-34H,19-20H2,1H3/b24-18+. The average Bonchev–Trinajstić information content (AvgIpc) is 2.82. The average molecular weight is 453 g/mol. The van der Waals surface area contributed by atoms with E-state index in [1.165, 1.54) is 0 Å². The molecule has 0 spiro atoms. The Bertz CT molecular complexity index is 1260. The lowest BCUT2D eigenvalue weighted by Crippen LogP contribution is -2.25. The van der Waals surface area contributed by atoms with Crippen molar-refractivity contribution in [2.45, 2.75) is 25.2 Å². The van der Waals surface area contributed by atoms with Crippen molar-refractivity contribution in [3.8, 4) is 23.0 Å². The first-order valence-corrected chi connectivity index (χ1v) is 11.2. The van der Waals surface area contributed by atoms with Crippen molar-refractivity contribution in [1.29, 1.82) is 0 Å². The predicted octanol–water partition coefficient (Wildman–Crippen LogP) is 6.64. The SMILES string of the molecule is CC(C/C(=C\c1ccc(O)cc1)c1ccc(O)cc1)(Cc1ccc(O)cc1)c1ccc(O)cc1. The number of hydrogen-bond donors (Lipinski definition) is 4. The third-order valence-electron chi connectivity index (χ3n) is 6.15. The zero-order valence-corrected chi connectivity index (χ0v) is 19.0. The molecule has 4 aromatic carbocycles. The van der Waals surface area contributed by atoms with E-state index in [1.807, 2.05) is 48.5 Å². The Morgan fingerprint density at radius 1 is 0.618 bits per heavy atom. The zero-order valence-electron chi connectivity index (χ0n) is 19.0. The van der Waals surface area contributed by atoms with E-state index >= 15 is 0 Å². The molecule has 4 aromatic rings. The number of phenolic OH excluding ortho intramolecular Hbond substituents is 4. The quantitative estimate of drug-likeness (QED) is 0.237. The molecular formula is C30H28O4. The first kappa shape index (κ1) is 23.0. The Hall–Kier alpha value is -4.18. The lowest BCUT2D eigenvalue weighted by atomic mass is 9.71. The van der Waals surface area contributed by atoms with Crippen molar-refractivity contribution in [1.82, 2.24) is 0 Å². The van der Waals surface area contributed by atoms with Crippen LogP contribution in [-0.2, 0) is 11.8 Å². The zero-order chi connectivity index (χ0) is 24.1. The van der Waals surface area contributed by atoms with Gasteiger partial charge in [0, 0.05) is 5.41 Å². The summed E-state index contributed by atoms with van der Waals surface area (Å²) in [6, 6.07) is 28.8. The van der Waals surface area contributed by atoms with Crippen molar-refractivity contribution in [2.24, 2.45) is 0 Å². The highest BCUT2D eigenvalue weighted by atomic mass is 16.3. The number of phenols is 4. The third kappa shape index (κ3) is 5.59. The Kier molecular flexibility index (Phi) is 6.60. The van der Waals surface area contributed by atoms with E-state index in [2.05, 4.69) is 13.0 Å². The number of hydrogen-bond acceptors (Lipinski definition) is 4. The smallest absolute Gasteiger partial charge is 0.115 e. The minimum atomic E-state index is -0.342. The second kappa shape index (κ2) is 9.75. The molecule has 1 atom stereocenters. The Labute approximate surface area is 199 Å². The van der Waals surface area contributed by atoms with E-state index in [9.17, 15) is 20.4 Å². The summed E-state index contributed by atoms with van der Waals surface area (Å²) in [5.41, 5.74) is 4.84. The van der Waals surface area contributed by atoms with Crippen molar-refractivity contribution < 1.29 is 20.4 Å². The van der Waals surface area contributed by atoms with Gasteiger partial charge in [-0.15, -0.1) is 0 Å². The lowest BCUT2D eigenvalue weighted by Gasteiger charge is -2.32. The molecule has 4 N–H and O–H groups in total. The molecule has 0 aliphatic rings. The number of aromatic hydroxyl groups is 4. The van der Waals surface area contributed by atoms with E-state index in [4.69, 9.17) is 0 Å². The Morgan fingerprint density at radius 3 is 1.59 bits per heavy atom. The highest BCUT2D eigenvalue weighted by molar-refractivity contribution is 5.82. The summed E-state index contributed by atoms with van der Waals surface area (Å²) < 4.78 is 0. The fourth-order valence-corrected chi connectivity index (χ4v) is 4.30. The summed E-state index contributed by atoms with van der Waals surface area (Å²) >= 11 is 0. The minimum Gasteiger partial charge on any atom is -0.508 e. The summed E-state index contributed by atoms with van der Waals surface area (Å²) in [5.74, 6) is 0.865. The molecule has 0 aliphatic heterocycles. The summed E-state index contributed by atoms with van der Waals surface area (Å²) in [4.78, 5) is 0. The van der Waals surface area contributed by atoms with Crippen LogP contribution in [0, 0.1) is 0 Å². The molecule has 0 bridgehead atoms. The van der Waals surface area contributed by atoms with Crippen molar-refractivity contribution >= 4 is 11.6 Å². The minimum absolute atomic E-state index is 0.207. The van der Waals surface area contributed by atoms with Crippen LogP contribution in [-0.4, -0.2) is 20.4 Å². The topological polar surface area (TPSA) is 80.9 Å². The molecule has 34 heavy (non-hydrogen) atoms. The van der Waals surface area contributed by atoms with E-state index < -0.39 is 0 Å². The molecule has 0 aliphatic carbocycles. The molecule has 1 unspecified atom stereocenters. The van der Waals surface area contributed by atoms with Crippen LogP contribution in [0.25, 0.3) is 11.6 Å². The van der Waals surface area contributed by atoms with E-state index in [0.717, 1.165) is 27.8 Å². The van der Waals surface area contributed by atoms with Crippen LogP contribution in [0.3, 0.4) is 0 Å². The van der Waals surface area contributed by atoms with Gasteiger partial charge in [0.15, 0.2) is 0 Å². The fraction of sp³-hybridized carbons (Fsp3) is 0.133. The van der Waals surface area contributed by atoms with Gasteiger partial charge in [0.25, 0.3) is 0 Å². The maximum absolute atomic E-state index is 9.86. The molecule has 4 nitrogen and oxygen atoms in total. The molecule has 0 saturated carbocycles. The van der Waals surface area contributed by atoms with Crippen LogP contribution in [0.2, 0.25) is 0 Å². The molecule has 0 heterocycles. The van der Waals surface area contributed by atoms with Gasteiger partial charge in [-0.1, -0.05) is 61.5 Å². The van der Waals surface area contributed by atoms with Gasteiger partial charge in [-0.25, -0.2) is 0 Å². The summed E-state index contributed by atoms with van der Waals surface area (Å²) in [6.07, 6.45) is 3.48. The second-order valence-corrected chi connectivity index (χ2v) is 8.94. The molecule has 0 saturated heterocycles. The van der Waals surface area contributed by atoms with Gasteiger partial charge in [0.1, 0.15) is 23.0 Å². The van der Waals surface area contributed by atoms with Gasteiger partial charge >= 0.3 is 0 Å². The second-order valence-electron chi connectivity index (χ2n) is 8.94. The maximum atomic E-state index is 9.86. The molecular weight excluding hydrogens is 424 g/mol. The summed E-state index contributed by atoms with van der Waals surface area (Å²) in [6.45, 7) is 2.19. The number of rotatable bonds is 7. The third-order valence-corrected chi connectivity index (χ3v) is 6.15. The normalized spacial score (nSPS) is 13.4. The molecule has 0 amide bonds. The highest BCUT2D eigenvalue weighted by Gasteiger charge is 2.29. The van der Waals surface area contributed by atoms with Crippen LogP contribution in [0.1, 0.15) is 35.6 Å². The lowest BCUT2D eigenvalue weighted by molar-refractivity contribution is 0.464. The van der Waals surface area contributed by atoms with Gasteiger partial charge < -0.3 is 20.4 Å². The Balaban J connectivity index is 1.79. The van der Waals surface area contributed by atoms with Crippen molar-refractivity contribution in [3.63, 3.8) is 0 Å². The molecule has 0 fully saturated rings. The monoisotopic (exact) mass is 452 g/mol. The maximum Gasteiger partial charge on any atom is 0.115 e. The molecule has 4 heteroatoms. The first-order chi connectivity index (χ1) is 16.3. The Morgan fingerprint density at radius 2 is 1.06 bits per heavy atom. The number of allylic oxidation sites excluding steroid dienone is 1. The van der Waals surface area contributed by atoms with Crippen LogP contribution < -0.4 is 0 Å². The van der Waals surface area contributed by atoms with Crippen LogP contribution in [0.15, 0.2) is 97.1 Å². The molecule has 4 rings (SSSR count). The summed E-state index contributed by atoms with van der Waals surface area (Å²) in [7, 11) is 0. The number of benzene rings is 4. The van der Waals surface area contributed by atoms with Gasteiger partial charge in [-0.05, 0) is 89.2 Å². The van der Waals surface area contributed by atoms with Crippen LogP contribution in [0.4, 0.5) is 0 Å². The first-order valence-electron chi connectivity index (χ1n) is 11.2. The molecule has 0 aromatic heterocycles. The van der Waals surface area contributed by atoms with Gasteiger partial charge in [-0.3, -0.25) is 0 Å². The predicted molar refractivity (Wildman–Crippen MR) is 136 cm³/mol. The highest BCUT2D eigenvalue weighted by Crippen LogP contribution is 2.39. The van der Waals surface area contributed by atoms with Crippen molar-refractivity contribution in [2.75, 3.05) is 0 Å². The molecule has 172 valence electrons. The van der Waals surface area contributed by atoms with Crippen LogP contribution in [0.5, 0.6) is 23.0 Å². The summed E-state index contributed by atoms with van der Waals surface area (Å²) in [5, 5.41) is 39.1.